The van der Waals surface area contributed by atoms with Crippen molar-refractivity contribution >= 4 is 46.0 Å². The number of benzene rings is 1. The molecule has 0 unspecified atom stereocenters. The number of carbonyl (C=O) groups is 1. The third kappa shape index (κ3) is 3.86. The average molecular weight is 406 g/mol. The van der Waals surface area contributed by atoms with Gasteiger partial charge in [-0.1, -0.05) is 12.0 Å². The maximum atomic E-state index is 12.4. The molecule has 3 aromatic heterocycles. The van der Waals surface area contributed by atoms with Crippen LogP contribution in [0, 0.1) is 11.8 Å². The number of hydrogen-bond donors (Lipinski definition) is 2. The monoisotopic (exact) mass is 405 g/mol. The number of fused-ring (bicyclic) bond motifs is 1. The molecule has 1 amide bonds. The first-order valence-corrected chi connectivity index (χ1v) is 10.4. The summed E-state index contributed by atoms with van der Waals surface area (Å²) in [6.07, 6.45) is 3.72. The van der Waals surface area contributed by atoms with Gasteiger partial charge in [-0.3, -0.25) is 9.20 Å². The lowest BCUT2D eigenvalue weighted by Crippen LogP contribution is -2.10. The summed E-state index contributed by atoms with van der Waals surface area (Å²) in [6, 6.07) is 12.8. The molecule has 0 spiro atoms. The second-order valence-corrected chi connectivity index (χ2v) is 7.88. The minimum Gasteiger partial charge on any atom is -0.398 e. The summed E-state index contributed by atoms with van der Waals surface area (Å²) in [5.74, 6) is 6.42. The number of rotatable bonds is 3. The summed E-state index contributed by atoms with van der Waals surface area (Å²) in [6.45, 7) is 0. The van der Waals surface area contributed by atoms with Gasteiger partial charge in [0.25, 0.3) is 5.91 Å². The Bertz CT molecular complexity index is 1230. The van der Waals surface area contributed by atoms with Gasteiger partial charge in [0, 0.05) is 28.5 Å². The van der Waals surface area contributed by atoms with Gasteiger partial charge in [-0.25, -0.2) is 0 Å². The maximum Gasteiger partial charge on any atom is 0.256 e. The molecule has 0 bridgehead atoms. The van der Waals surface area contributed by atoms with Crippen LogP contribution in [0.1, 0.15) is 21.7 Å². The molecule has 0 aliphatic heterocycles. The minimum atomic E-state index is -0.138. The van der Waals surface area contributed by atoms with Crippen LogP contribution in [0.3, 0.4) is 0 Å². The Labute approximate surface area is 169 Å². The van der Waals surface area contributed by atoms with Crippen molar-refractivity contribution in [1.29, 1.82) is 0 Å². The van der Waals surface area contributed by atoms with E-state index in [2.05, 4.69) is 27.4 Å². The standard InChI is InChI=1S/C20H15N5OS2/c1-27-19-10-14(12-28-19)20(26)22-16-4-2-3-13(9-16)5-7-17-23-24-18-8-6-15(21)11-25(17)18/h2-4,6,8-12H,21H2,1H3,(H,22,26). The molecular formula is C20H15N5OS2. The van der Waals surface area contributed by atoms with Crippen molar-refractivity contribution in [2.75, 3.05) is 17.3 Å². The van der Waals surface area contributed by atoms with Crippen LogP contribution in [0.4, 0.5) is 11.4 Å². The van der Waals surface area contributed by atoms with E-state index in [1.807, 2.05) is 42.0 Å². The lowest BCUT2D eigenvalue weighted by Gasteiger charge is -2.04. The van der Waals surface area contributed by atoms with Crippen molar-refractivity contribution in [2.24, 2.45) is 0 Å². The zero-order valence-electron chi connectivity index (χ0n) is 14.8. The quantitative estimate of drug-likeness (QED) is 0.401. The Kier molecular flexibility index (Phi) is 5.02. The fraction of sp³-hybridized carbons (Fsp3) is 0.0500. The zero-order valence-corrected chi connectivity index (χ0v) is 16.5. The Morgan fingerprint density at radius 3 is 2.93 bits per heavy atom. The Balaban J connectivity index is 1.55. The van der Waals surface area contributed by atoms with Crippen LogP contribution in [-0.2, 0) is 0 Å². The molecule has 0 radical (unpaired) electrons. The van der Waals surface area contributed by atoms with Gasteiger partial charge in [0.1, 0.15) is 0 Å². The number of carbonyl (C=O) groups excluding carboxylic acids is 1. The number of hydrogen-bond acceptors (Lipinski definition) is 6. The number of aromatic nitrogens is 3. The van der Waals surface area contributed by atoms with Gasteiger partial charge in [0.2, 0.25) is 5.82 Å². The molecule has 3 N–H and O–H groups in total. The molecule has 3 heterocycles. The summed E-state index contributed by atoms with van der Waals surface area (Å²) >= 11 is 3.18. The molecule has 0 atom stereocenters. The maximum absolute atomic E-state index is 12.4. The van der Waals surface area contributed by atoms with Gasteiger partial charge < -0.3 is 11.1 Å². The van der Waals surface area contributed by atoms with Crippen molar-refractivity contribution in [2.45, 2.75) is 4.21 Å². The largest absolute Gasteiger partial charge is 0.398 e. The van der Waals surface area contributed by atoms with Gasteiger partial charge >= 0.3 is 0 Å². The molecule has 0 fully saturated rings. The number of thiophene rings is 1. The van der Waals surface area contributed by atoms with Crippen LogP contribution in [0.5, 0.6) is 0 Å². The molecular weight excluding hydrogens is 390 g/mol. The van der Waals surface area contributed by atoms with Gasteiger partial charge in [0.05, 0.1) is 9.77 Å². The summed E-state index contributed by atoms with van der Waals surface area (Å²) in [7, 11) is 0. The van der Waals surface area contributed by atoms with E-state index in [0.717, 1.165) is 9.77 Å². The predicted molar refractivity (Wildman–Crippen MR) is 114 cm³/mol. The van der Waals surface area contributed by atoms with Crippen LogP contribution >= 0.6 is 23.1 Å². The number of pyridine rings is 1. The highest BCUT2D eigenvalue weighted by atomic mass is 32.2. The number of amides is 1. The SMILES string of the molecule is CSc1cc(C(=O)Nc2cccc(C#Cc3nnc4ccc(N)cn34)c2)cs1. The minimum absolute atomic E-state index is 0.138. The molecule has 28 heavy (non-hydrogen) atoms. The fourth-order valence-corrected chi connectivity index (χ4v) is 3.93. The fourth-order valence-electron chi connectivity index (χ4n) is 2.54. The molecule has 1 aromatic carbocycles. The third-order valence-electron chi connectivity index (χ3n) is 3.90. The Morgan fingerprint density at radius 1 is 1.21 bits per heavy atom. The van der Waals surface area contributed by atoms with E-state index in [-0.39, 0.29) is 5.91 Å². The van der Waals surface area contributed by atoms with E-state index < -0.39 is 0 Å². The van der Waals surface area contributed by atoms with Gasteiger partial charge in [-0.2, -0.15) is 0 Å². The second-order valence-electron chi connectivity index (χ2n) is 5.86. The smallest absolute Gasteiger partial charge is 0.256 e. The number of nitrogens with one attached hydrogen (secondary N) is 1. The highest BCUT2D eigenvalue weighted by molar-refractivity contribution is 8.00. The highest BCUT2D eigenvalue weighted by Gasteiger charge is 2.09. The van der Waals surface area contributed by atoms with E-state index in [9.17, 15) is 4.79 Å². The first kappa shape index (κ1) is 18.1. The van der Waals surface area contributed by atoms with Crippen LogP contribution < -0.4 is 11.1 Å². The van der Waals surface area contributed by atoms with E-state index in [1.165, 1.54) is 0 Å². The van der Waals surface area contributed by atoms with Crippen LogP contribution in [0.2, 0.25) is 0 Å². The molecule has 0 aliphatic carbocycles. The summed E-state index contributed by atoms with van der Waals surface area (Å²) in [5.41, 5.74) is 9.20. The molecule has 8 heteroatoms. The van der Waals surface area contributed by atoms with Crippen LogP contribution in [0.25, 0.3) is 5.65 Å². The summed E-state index contributed by atoms with van der Waals surface area (Å²) in [4.78, 5) is 12.4. The average Bonchev–Trinajstić information content (AvgIpc) is 3.33. The van der Waals surface area contributed by atoms with Crippen LogP contribution in [-0.4, -0.2) is 26.8 Å². The molecule has 0 aliphatic rings. The first-order chi connectivity index (χ1) is 13.6. The van der Waals surface area contributed by atoms with Crippen molar-refractivity contribution < 1.29 is 4.79 Å². The number of nitrogen functional groups attached to an aromatic ring is 1. The van der Waals surface area contributed by atoms with E-state index in [0.29, 0.717) is 28.4 Å². The predicted octanol–water partition coefficient (Wildman–Crippen LogP) is 3.75. The Hall–Kier alpha value is -3.28. The molecule has 6 nitrogen and oxygen atoms in total. The molecule has 138 valence electrons. The van der Waals surface area contributed by atoms with E-state index in [1.54, 1.807) is 45.8 Å². The number of nitrogens with two attached hydrogens (primary N) is 1. The van der Waals surface area contributed by atoms with E-state index >= 15 is 0 Å². The third-order valence-corrected chi connectivity index (χ3v) is 5.93. The van der Waals surface area contributed by atoms with Gasteiger partial charge in [-0.05, 0) is 48.6 Å². The zero-order chi connectivity index (χ0) is 19.5. The highest BCUT2D eigenvalue weighted by Crippen LogP contribution is 2.24. The first-order valence-electron chi connectivity index (χ1n) is 8.28. The lowest BCUT2D eigenvalue weighted by molar-refractivity contribution is 0.102. The van der Waals surface area contributed by atoms with Crippen molar-refractivity contribution in [3.8, 4) is 11.8 Å². The summed E-state index contributed by atoms with van der Waals surface area (Å²) < 4.78 is 2.85. The van der Waals surface area contributed by atoms with Crippen LogP contribution in [0.15, 0.2) is 58.3 Å². The number of thioether (sulfide) groups is 1. The van der Waals surface area contributed by atoms with Crippen molar-refractivity contribution in [3.63, 3.8) is 0 Å². The molecule has 4 aromatic rings. The van der Waals surface area contributed by atoms with E-state index in [4.69, 9.17) is 5.73 Å². The molecule has 0 saturated carbocycles. The van der Waals surface area contributed by atoms with Gasteiger partial charge in [-0.15, -0.1) is 33.3 Å². The lowest BCUT2D eigenvalue weighted by atomic mass is 10.2. The Morgan fingerprint density at radius 2 is 2.11 bits per heavy atom. The normalized spacial score (nSPS) is 10.5. The second kappa shape index (κ2) is 7.76. The molecule has 4 rings (SSSR count). The number of anilines is 2. The topological polar surface area (TPSA) is 85.3 Å². The summed E-state index contributed by atoms with van der Waals surface area (Å²) in [5, 5.41) is 12.9. The molecule has 0 saturated heterocycles. The van der Waals surface area contributed by atoms with Gasteiger partial charge in [0.15, 0.2) is 5.65 Å². The van der Waals surface area contributed by atoms with Crippen molar-refractivity contribution in [3.05, 3.63) is 71.0 Å². The van der Waals surface area contributed by atoms with Crippen molar-refractivity contribution in [1.82, 2.24) is 14.6 Å². The number of nitrogens with zero attached hydrogens (tertiary/aromatic N) is 3.